The summed E-state index contributed by atoms with van der Waals surface area (Å²) in [6.45, 7) is 0. The van der Waals surface area contributed by atoms with Crippen molar-refractivity contribution < 1.29 is 19.1 Å². The number of thioether (sulfide) groups is 1. The van der Waals surface area contributed by atoms with Gasteiger partial charge in [-0.05, 0) is 36.6 Å². The number of aryl methyl sites for hydroxylation is 1. The monoisotopic (exact) mass is 400 g/mol. The molecule has 2 amide bonds. The fourth-order valence-electron chi connectivity index (χ4n) is 3.07. The van der Waals surface area contributed by atoms with E-state index in [-0.39, 0.29) is 17.1 Å². The van der Waals surface area contributed by atoms with Gasteiger partial charge in [-0.15, -0.1) is 11.8 Å². The van der Waals surface area contributed by atoms with Crippen LogP contribution in [-0.4, -0.2) is 37.0 Å². The van der Waals surface area contributed by atoms with E-state index in [2.05, 4.69) is 10.6 Å². The first-order chi connectivity index (χ1) is 13.6. The van der Waals surface area contributed by atoms with E-state index in [0.717, 1.165) is 24.1 Å². The Morgan fingerprint density at radius 1 is 1.21 bits per heavy atom. The summed E-state index contributed by atoms with van der Waals surface area (Å²) < 4.78 is 10.5. The third-order valence-corrected chi connectivity index (χ3v) is 5.86. The smallest absolute Gasteiger partial charge is 0.237 e. The van der Waals surface area contributed by atoms with Gasteiger partial charge in [0.05, 0.1) is 25.2 Å². The number of rotatable bonds is 7. The number of fused-ring (bicyclic) bond motifs is 1. The van der Waals surface area contributed by atoms with Crippen LogP contribution in [-0.2, 0) is 16.0 Å². The molecule has 1 aliphatic rings. The maximum absolute atomic E-state index is 12.4. The van der Waals surface area contributed by atoms with Crippen LogP contribution in [0.3, 0.4) is 0 Å². The molecule has 2 aromatic rings. The first-order valence-corrected chi connectivity index (χ1v) is 10.2. The highest BCUT2D eigenvalue weighted by atomic mass is 32.2. The number of para-hydroxylation sites is 1. The molecule has 2 aromatic carbocycles. The second-order valence-corrected chi connectivity index (χ2v) is 7.72. The van der Waals surface area contributed by atoms with Gasteiger partial charge in [-0.25, -0.2) is 0 Å². The second kappa shape index (κ2) is 9.50. The maximum Gasteiger partial charge on any atom is 0.237 e. The van der Waals surface area contributed by atoms with Crippen LogP contribution in [0.15, 0.2) is 42.5 Å². The number of nitrogens with one attached hydrogen (secondary N) is 2. The Hall–Kier alpha value is -2.67. The fourth-order valence-corrected chi connectivity index (χ4v) is 4.15. The van der Waals surface area contributed by atoms with E-state index < -0.39 is 0 Å². The molecule has 0 saturated heterocycles. The van der Waals surface area contributed by atoms with Crippen LogP contribution in [0.5, 0.6) is 11.5 Å². The minimum Gasteiger partial charge on any atom is -0.497 e. The zero-order valence-corrected chi connectivity index (χ0v) is 16.8. The lowest BCUT2D eigenvalue weighted by Crippen LogP contribution is -2.24. The SMILES string of the molecule is COc1ccc(OC)c(NC(=O)CCS[C@H]2CCc3ccccc3NC2=O)c1. The summed E-state index contributed by atoms with van der Waals surface area (Å²) in [5.74, 6) is 1.65. The quantitative estimate of drug-likeness (QED) is 0.741. The molecule has 0 bridgehead atoms. The van der Waals surface area contributed by atoms with Gasteiger partial charge in [0.25, 0.3) is 0 Å². The third kappa shape index (κ3) is 4.98. The molecule has 1 atom stereocenters. The van der Waals surface area contributed by atoms with Gasteiger partial charge >= 0.3 is 0 Å². The molecule has 2 N–H and O–H groups in total. The molecule has 0 saturated carbocycles. The van der Waals surface area contributed by atoms with Crippen LogP contribution >= 0.6 is 11.8 Å². The van der Waals surface area contributed by atoms with Crippen LogP contribution in [0.25, 0.3) is 0 Å². The Labute approximate surface area is 169 Å². The largest absolute Gasteiger partial charge is 0.497 e. The lowest BCUT2D eigenvalue weighted by atomic mass is 10.1. The van der Waals surface area contributed by atoms with Crippen molar-refractivity contribution in [2.45, 2.75) is 24.5 Å². The lowest BCUT2D eigenvalue weighted by molar-refractivity contribution is -0.116. The molecule has 0 aliphatic carbocycles. The molecule has 28 heavy (non-hydrogen) atoms. The Balaban J connectivity index is 1.51. The van der Waals surface area contributed by atoms with Gasteiger partial charge in [0, 0.05) is 23.9 Å². The summed E-state index contributed by atoms with van der Waals surface area (Å²) in [5.41, 5.74) is 2.61. The number of carbonyl (C=O) groups is 2. The van der Waals surface area contributed by atoms with Crippen molar-refractivity contribution >= 4 is 35.0 Å². The molecule has 3 rings (SSSR count). The van der Waals surface area contributed by atoms with Gasteiger partial charge in [-0.3, -0.25) is 9.59 Å². The van der Waals surface area contributed by atoms with Crippen molar-refractivity contribution in [3.05, 3.63) is 48.0 Å². The molecule has 6 nitrogen and oxygen atoms in total. The van der Waals surface area contributed by atoms with Crippen LogP contribution in [0.2, 0.25) is 0 Å². The minimum absolute atomic E-state index is 0.00447. The molecule has 0 fully saturated rings. The van der Waals surface area contributed by atoms with E-state index in [0.29, 0.717) is 29.4 Å². The van der Waals surface area contributed by atoms with E-state index in [1.54, 1.807) is 32.4 Å². The molecule has 148 valence electrons. The number of amides is 2. The number of hydrogen-bond donors (Lipinski definition) is 2. The van der Waals surface area contributed by atoms with Gasteiger partial charge < -0.3 is 20.1 Å². The van der Waals surface area contributed by atoms with E-state index in [9.17, 15) is 9.59 Å². The highest BCUT2D eigenvalue weighted by molar-refractivity contribution is 8.00. The van der Waals surface area contributed by atoms with Crippen molar-refractivity contribution in [3.8, 4) is 11.5 Å². The predicted molar refractivity (Wildman–Crippen MR) is 112 cm³/mol. The first-order valence-electron chi connectivity index (χ1n) is 9.13. The summed E-state index contributed by atoms with van der Waals surface area (Å²) in [4.78, 5) is 24.8. The van der Waals surface area contributed by atoms with Gasteiger partial charge in [-0.2, -0.15) is 0 Å². The topological polar surface area (TPSA) is 76.7 Å². The number of benzene rings is 2. The number of carbonyl (C=O) groups excluding carboxylic acids is 2. The maximum atomic E-state index is 12.4. The van der Waals surface area contributed by atoms with E-state index >= 15 is 0 Å². The molecule has 1 aliphatic heterocycles. The zero-order chi connectivity index (χ0) is 19.9. The van der Waals surface area contributed by atoms with Crippen molar-refractivity contribution in [1.29, 1.82) is 0 Å². The number of ether oxygens (including phenoxy) is 2. The number of methoxy groups -OCH3 is 2. The van der Waals surface area contributed by atoms with Gasteiger partial charge in [0.1, 0.15) is 11.5 Å². The van der Waals surface area contributed by atoms with Crippen molar-refractivity contribution in [2.75, 3.05) is 30.6 Å². The summed E-state index contributed by atoms with van der Waals surface area (Å²) in [5, 5.41) is 5.68. The summed E-state index contributed by atoms with van der Waals surface area (Å²) in [6, 6.07) is 13.1. The molecule has 0 unspecified atom stereocenters. The molecule has 0 radical (unpaired) electrons. The highest BCUT2D eigenvalue weighted by Gasteiger charge is 2.24. The second-order valence-electron chi connectivity index (χ2n) is 6.41. The molecular formula is C21H24N2O4S. The van der Waals surface area contributed by atoms with Crippen molar-refractivity contribution in [3.63, 3.8) is 0 Å². The van der Waals surface area contributed by atoms with Crippen LogP contribution in [0.4, 0.5) is 11.4 Å². The van der Waals surface area contributed by atoms with Gasteiger partial charge in [0.2, 0.25) is 11.8 Å². The standard InChI is InChI=1S/C21H24N2O4S/c1-26-15-8-9-18(27-2)17(13-15)22-20(24)11-12-28-19-10-7-14-5-3-4-6-16(14)23-21(19)25/h3-6,8-9,13,19H,7,10-12H2,1-2H3,(H,22,24)(H,23,25)/t19-/m0/s1. The van der Waals surface area contributed by atoms with Gasteiger partial charge in [0.15, 0.2) is 0 Å². The summed E-state index contributed by atoms with van der Waals surface area (Å²) in [7, 11) is 3.12. The molecule has 0 spiro atoms. The Morgan fingerprint density at radius 3 is 2.82 bits per heavy atom. The average Bonchev–Trinajstić information content (AvgIpc) is 2.86. The molecule has 0 aromatic heterocycles. The van der Waals surface area contributed by atoms with E-state index in [1.165, 1.54) is 11.8 Å². The molecular weight excluding hydrogens is 376 g/mol. The predicted octanol–water partition coefficient (Wildman–Crippen LogP) is 3.72. The Kier molecular flexibility index (Phi) is 6.81. The fraction of sp³-hybridized carbons (Fsp3) is 0.333. The van der Waals surface area contributed by atoms with Crippen molar-refractivity contribution in [2.24, 2.45) is 0 Å². The lowest BCUT2D eigenvalue weighted by Gasteiger charge is -2.14. The number of hydrogen-bond acceptors (Lipinski definition) is 5. The van der Waals surface area contributed by atoms with Crippen LogP contribution in [0, 0.1) is 0 Å². The normalized spacial score (nSPS) is 15.8. The zero-order valence-electron chi connectivity index (χ0n) is 16.0. The first kappa shape index (κ1) is 20.1. The van der Waals surface area contributed by atoms with Crippen LogP contribution in [0.1, 0.15) is 18.4 Å². The van der Waals surface area contributed by atoms with E-state index in [4.69, 9.17) is 9.47 Å². The van der Waals surface area contributed by atoms with Crippen molar-refractivity contribution in [1.82, 2.24) is 0 Å². The summed E-state index contributed by atoms with van der Waals surface area (Å²) in [6.07, 6.45) is 1.92. The Morgan fingerprint density at radius 2 is 2.04 bits per heavy atom. The van der Waals surface area contributed by atoms with E-state index in [1.807, 2.05) is 24.3 Å². The molecule has 1 heterocycles. The minimum atomic E-state index is -0.161. The molecule has 7 heteroatoms. The van der Waals surface area contributed by atoms with Gasteiger partial charge in [-0.1, -0.05) is 18.2 Å². The number of anilines is 2. The highest BCUT2D eigenvalue weighted by Crippen LogP contribution is 2.30. The summed E-state index contributed by atoms with van der Waals surface area (Å²) >= 11 is 1.52. The average molecular weight is 401 g/mol. The third-order valence-electron chi connectivity index (χ3n) is 4.57. The Bertz CT molecular complexity index is 856. The van der Waals surface area contributed by atoms with Crippen LogP contribution < -0.4 is 20.1 Å².